The summed E-state index contributed by atoms with van der Waals surface area (Å²) in [6.45, 7) is 20.4. The summed E-state index contributed by atoms with van der Waals surface area (Å²) in [4.78, 5) is 32.3. The number of aromatic nitrogens is 3. The molecule has 2 aromatic rings. The number of hydrogen-bond acceptors (Lipinski definition) is 9. The van der Waals surface area contributed by atoms with Crippen molar-refractivity contribution in [2.45, 2.75) is 123 Å². The lowest BCUT2D eigenvalue weighted by atomic mass is 9.72. The first-order chi connectivity index (χ1) is 19.8. The predicted octanol–water partition coefficient (Wildman–Crippen LogP) is 5.92. The van der Waals surface area contributed by atoms with Crippen molar-refractivity contribution in [2.24, 2.45) is 5.41 Å². The molecule has 0 aromatic carbocycles. The maximum Gasteiger partial charge on any atom is 0.410 e. The highest BCUT2D eigenvalue weighted by molar-refractivity contribution is 7.90. The number of halogens is 1. The minimum absolute atomic E-state index is 0.0685. The topological polar surface area (TPSA) is 133 Å². The Morgan fingerprint density at radius 1 is 1.05 bits per heavy atom. The Labute approximate surface area is 260 Å². The van der Waals surface area contributed by atoms with Crippen LogP contribution in [0.1, 0.15) is 93.5 Å². The Hall–Kier alpha value is -3.22. The first-order valence-corrected chi connectivity index (χ1v) is 16.7. The van der Waals surface area contributed by atoms with Crippen LogP contribution in [0.25, 0.3) is 0 Å². The molecule has 0 aliphatic carbocycles. The molecule has 3 heterocycles. The van der Waals surface area contributed by atoms with Gasteiger partial charge in [0.05, 0.1) is 16.6 Å². The Morgan fingerprint density at radius 2 is 1.64 bits per heavy atom. The average molecular weight is 638 g/mol. The standard InChI is InChI=1S/C31H48FN5O6S/c1-19-15-24(35-37(19)28(3,4)5)34-23-16-22(44(12,40)41)25(32)21(33-23)18-31(26(38)42-29(6,7)8)13-14-36(20(2)17-31)27(39)43-30(9,10)11/h15-16,20H,13-14,17-18H2,1-12H3,(H,33,34,35)/t20-,31-/m1/s1. The van der Waals surface area contributed by atoms with Crippen LogP contribution in [0.2, 0.25) is 0 Å². The number of amides is 1. The van der Waals surface area contributed by atoms with Crippen molar-refractivity contribution in [3.05, 3.63) is 29.3 Å². The molecule has 246 valence electrons. The fourth-order valence-electron chi connectivity index (χ4n) is 5.40. The monoisotopic (exact) mass is 637 g/mol. The van der Waals surface area contributed by atoms with Gasteiger partial charge in [0.25, 0.3) is 0 Å². The summed E-state index contributed by atoms with van der Waals surface area (Å²) >= 11 is 0. The molecule has 1 aliphatic rings. The number of esters is 1. The lowest BCUT2D eigenvalue weighted by molar-refractivity contribution is -0.172. The number of piperidine rings is 1. The van der Waals surface area contributed by atoms with Gasteiger partial charge in [0.15, 0.2) is 21.5 Å². The van der Waals surface area contributed by atoms with Gasteiger partial charge < -0.3 is 19.7 Å². The minimum Gasteiger partial charge on any atom is -0.460 e. The fraction of sp³-hybridized carbons (Fsp3) is 0.677. The van der Waals surface area contributed by atoms with Gasteiger partial charge in [-0.05, 0) is 89.0 Å². The normalized spacial score (nSPS) is 19.9. The molecule has 44 heavy (non-hydrogen) atoms. The van der Waals surface area contributed by atoms with Crippen LogP contribution in [0, 0.1) is 18.2 Å². The quantitative estimate of drug-likeness (QED) is 0.384. The second-order valence-electron chi connectivity index (χ2n) is 14.9. The lowest BCUT2D eigenvalue weighted by Crippen LogP contribution is -2.54. The number of likely N-dealkylation sites (tertiary alicyclic amines) is 1. The Bertz CT molecular complexity index is 1520. The van der Waals surface area contributed by atoms with E-state index in [1.807, 2.05) is 32.4 Å². The molecule has 0 saturated carbocycles. The van der Waals surface area contributed by atoms with Crippen LogP contribution in [-0.2, 0) is 36.1 Å². The largest absolute Gasteiger partial charge is 0.460 e. The van der Waals surface area contributed by atoms with Crippen molar-refractivity contribution >= 4 is 33.5 Å². The molecular formula is C31H48FN5O6S. The van der Waals surface area contributed by atoms with E-state index in [0.29, 0.717) is 5.82 Å². The zero-order chi connectivity index (χ0) is 33.6. The smallest absolute Gasteiger partial charge is 0.410 e. The van der Waals surface area contributed by atoms with Crippen molar-refractivity contribution in [1.82, 2.24) is 19.7 Å². The van der Waals surface area contributed by atoms with Gasteiger partial charge in [-0.2, -0.15) is 5.10 Å². The minimum atomic E-state index is -4.02. The number of carbonyl (C=O) groups excluding carboxylic acids is 2. The first kappa shape index (κ1) is 35.3. The number of aryl methyl sites for hydroxylation is 1. The van der Waals surface area contributed by atoms with Gasteiger partial charge in [0.2, 0.25) is 0 Å². The van der Waals surface area contributed by atoms with Gasteiger partial charge in [0, 0.05) is 43.1 Å². The van der Waals surface area contributed by atoms with Crippen LogP contribution >= 0.6 is 0 Å². The van der Waals surface area contributed by atoms with Crippen molar-refractivity contribution in [1.29, 1.82) is 0 Å². The van der Waals surface area contributed by atoms with E-state index in [9.17, 15) is 18.0 Å². The van der Waals surface area contributed by atoms with E-state index in [-0.39, 0.29) is 42.9 Å². The van der Waals surface area contributed by atoms with Crippen LogP contribution in [0.4, 0.5) is 20.8 Å². The van der Waals surface area contributed by atoms with Crippen LogP contribution in [0.3, 0.4) is 0 Å². The summed E-state index contributed by atoms with van der Waals surface area (Å²) in [5, 5.41) is 7.60. The van der Waals surface area contributed by atoms with Crippen LogP contribution < -0.4 is 5.32 Å². The molecule has 13 heteroatoms. The number of anilines is 2. The number of hydrogen-bond donors (Lipinski definition) is 1. The highest BCUT2D eigenvalue weighted by atomic mass is 32.2. The molecule has 1 fully saturated rings. The second-order valence-corrected chi connectivity index (χ2v) is 16.8. The van der Waals surface area contributed by atoms with E-state index in [2.05, 4.69) is 15.4 Å². The summed E-state index contributed by atoms with van der Waals surface area (Å²) in [5.74, 6) is -1.12. The van der Waals surface area contributed by atoms with E-state index in [1.54, 1.807) is 59.4 Å². The number of carbonyl (C=O) groups is 2. The highest BCUT2D eigenvalue weighted by Crippen LogP contribution is 2.42. The SMILES string of the molecule is Cc1cc(Nc2cc(S(C)(=O)=O)c(F)c(C[C@@]3(C(=O)OC(C)(C)C)CCN(C(=O)OC(C)(C)C)[C@H](C)C3)n2)nn1C(C)(C)C. The zero-order valence-corrected chi connectivity index (χ0v) is 28.9. The van der Waals surface area contributed by atoms with Gasteiger partial charge in [0.1, 0.15) is 21.9 Å². The van der Waals surface area contributed by atoms with Crippen molar-refractivity contribution in [3.63, 3.8) is 0 Å². The number of pyridine rings is 1. The van der Waals surface area contributed by atoms with Gasteiger partial charge in [-0.3, -0.25) is 9.48 Å². The van der Waals surface area contributed by atoms with Crippen LogP contribution in [-0.4, -0.2) is 70.2 Å². The molecular weight excluding hydrogens is 589 g/mol. The summed E-state index contributed by atoms with van der Waals surface area (Å²) in [5.41, 5.74) is -2.50. The maximum absolute atomic E-state index is 16.0. The maximum atomic E-state index is 16.0. The molecule has 1 amide bonds. The third-order valence-corrected chi connectivity index (χ3v) is 8.28. The van der Waals surface area contributed by atoms with Gasteiger partial charge in [-0.1, -0.05) is 0 Å². The molecule has 2 atom stereocenters. The zero-order valence-electron chi connectivity index (χ0n) is 28.1. The number of rotatable bonds is 6. The van der Waals surface area contributed by atoms with E-state index in [4.69, 9.17) is 9.47 Å². The van der Waals surface area contributed by atoms with Crippen molar-refractivity contribution in [2.75, 3.05) is 18.1 Å². The van der Waals surface area contributed by atoms with Gasteiger partial charge in [-0.15, -0.1) is 0 Å². The fourth-order valence-corrected chi connectivity index (χ4v) is 6.17. The van der Waals surface area contributed by atoms with Crippen molar-refractivity contribution in [3.8, 4) is 0 Å². The Morgan fingerprint density at radius 3 is 2.11 bits per heavy atom. The highest BCUT2D eigenvalue weighted by Gasteiger charge is 2.49. The molecule has 3 rings (SSSR count). The van der Waals surface area contributed by atoms with E-state index in [0.717, 1.165) is 18.0 Å². The number of nitrogens with zero attached hydrogens (tertiary/aromatic N) is 4. The van der Waals surface area contributed by atoms with E-state index < -0.39 is 55.3 Å². The Kier molecular flexibility index (Phi) is 9.57. The molecule has 1 aliphatic heterocycles. The Balaban J connectivity index is 2.08. The third kappa shape index (κ3) is 8.48. The van der Waals surface area contributed by atoms with Crippen LogP contribution in [0.15, 0.2) is 17.0 Å². The summed E-state index contributed by atoms with van der Waals surface area (Å²) in [6, 6.07) is 2.45. The van der Waals surface area contributed by atoms with E-state index >= 15 is 4.39 Å². The second kappa shape index (κ2) is 11.9. The third-order valence-electron chi connectivity index (χ3n) is 7.19. The molecule has 11 nitrogen and oxygen atoms in total. The summed E-state index contributed by atoms with van der Waals surface area (Å²) in [7, 11) is -4.02. The van der Waals surface area contributed by atoms with Crippen molar-refractivity contribution < 1.29 is 31.9 Å². The molecule has 0 radical (unpaired) electrons. The average Bonchev–Trinajstić information content (AvgIpc) is 3.18. The summed E-state index contributed by atoms with van der Waals surface area (Å²) in [6.07, 6.45) is 0.426. The summed E-state index contributed by atoms with van der Waals surface area (Å²) < 4.78 is 54.6. The molecule has 0 bridgehead atoms. The first-order valence-electron chi connectivity index (χ1n) is 14.8. The molecule has 1 N–H and O–H groups in total. The number of sulfone groups is 1. The molecule has 0 unspecified atom stereocenters. The lowest BCUT2D eigenvalue weighted by Gasteiger charge is -2.44. The molecule has 0 spiro atoms. The van der Waals surface area contributed by atoms with Crippen LogP contribution in [0.5, 0.6) is 0 Å². The van der Waals surface area contributed by atoms with E-state index in [1.165, 1.54) is 0 Å². The number of ether oxygens (including phenoxy) is 2. The van der Waals surface area contributed by atoms with Gasteiger partial charge >= 0.3 is 12.1 Å². The van der Waals surface area contributed by atoms with Gasteiger partial charge in [-0.25, -0.2) is 22.6 Å². The predicted molar refractivity (Wildman–Crippen MR) is 166 cm³/mol. The molecule has 2 aromatic heterocycles. The molecule has 1 saturated heterocycles. The number of nitrogens with one attached hydrogen (secondary N) is 1.